The van der Waals surface area contributed by atoms with E-state index in [-0.39, 0.29) is 5.91 Å². The number of benzene rings is 1. The average molecular weight is 482 g/mol. The van der Waals surface area contributed by atoms with Gasteiger partial charge in [-0.3, -0.25) is 9.79 Å². The minimum Gasteiger partial charge on any atom is -0.498 e. The number of anilines is 2. The molecule has 1 aromatic carbocycles. The maximum Gasteiger partial charge on any atom is 0.229 e. The second kappa shape index (κ2) is 14.6. The number of rotatable bonds is 6. The number of carbonyl (C=O) groups is 1. The lowest BCUT2D eigenvalue weighted by Crippen LogP contribution is -2.27. The number of carbonyl (C=O) groups excluding carboxylic acids is 1. The lowest BCUT2D eigenvalue weighted by Gasteiger charge is -2.20. The molecule has 35 heavy (non-hydrogen) atoms. The first-order valence-corrected chi connectivity index (χ1v) is 12.7. The molecule has 0 unspecified atom stereocenters. The zero-order valence-electron chi connectivity index (χ0n) is 23.7. The highest BCUT2D eigenvalue weighted by Crippen LogP contribution is 2.31. The first-order valence-electron chi connectivity index (χ1n) is 12.7. The third-order valence-electron chi connectivity index (χ3n) is 5.56. The molecule has 0 saturated carbocycles. The number of nitrogens with zero attached hydrogens (tertiary/aromatic N) is 2. The monoisotopic (exact) mass is 481 g/mol. The molecule has 2 rings (SSSR count). The summed E-state index contributed by atoms with van der Waals surface area (Å²) in [5.74, 6) is 1.79. The van der Waals surface area contributed by atoms with E-state index < -0.39 is 5.41 Å². The highest BCUT2D eigenvalue weighted by Gasteiger charge is 2.21. The maximum atomic E-state index is 12.3. The molecule has 1 amide bonds. The molecule has 0 atom stereocenters. The normalized spacial score (nSPS) is 18.9. The van der Waals surface area contributed by atoms with E-state index in [9.17, 15) is 4.79 Å². The Morgan fingerprint density at radius 2 is 1.86 bits per heavy atom. The number of nitrogens with one attached hydrogen (secondary N) is 1. The van der Waals surface area contributed by atoms with Crippen molar-refractivity contribution in [2.45, 2.75) is 74.7 Å². The van der Waals surface area contributed by atoms with E-state index in [1.165, 1.54) is 17.6 Å². The Balaban J connectivity index is 0.00000111. The van der Waals surface area contributed by atoms with Crippen LogP contribution in [0.5, 0.6) is 0 Å². The van der Waals surface area contributed by atoms with Gasteiger partial charge in [0.2, 0.25) is 5.91 Å². The molecule has 1 aromatic rings. The van der Waals surface area contributed by atoms with Gasteiger partial charge in [-0.05, 0) is 49.6 Å². The minimum absolute atomic E-state index is 0.0178. The third-order valence-corrected chi connectivity index (χ3v) is 5.56. The van der Waals surface area contributed by atoms with Crippen LogP contribution in [0.15, 0.2) is 58.3 Å². The van der Waals surface area contributed by atoms with Crippen molar-refractivity contribution in [1.82, 2.24) is 0 Å². The highest BCUT2D eigenvalue weighted by molar-refractivity contribution is 5.95. The summed E-state index contributed by atoms with van der Waals surface area (Å²) in [6.45, 7) is 17.2. The van der Waals surface area contributed by atoms with Crippen LogP contribution >= 0.6 is 0 Å². The minimum atomic E-state index is -0.452. The summed E-state index contributed by atoms with van der Waals surface area (Å²) in [4.78, 5) is 19.1. The second-order valence-electron chi connectivity index (χ2n) is 10.7. The van der Waals surface area contributed by atoms with E-state index in [1.54, 1.807) is 0 Å². The standard InChI is InChI=1S/C25H35N3O2.C5H12/c1-18-13-15-30-19(2)8-9-20(16-18)12-14-26-22-17-21(10-11-23(22)28(6)7)27-24(29)25(3,4)5;1-4-5(2)3/h8-11,14,16-17H,12-13,15H2,1-7H3,(H,27,29);5H,4H2,1-3H3/b18-16+,19-8+,20-9-,26-14?;. The molecule has 0 fully saturated rings. The lowest BCUT2D eigenvalue weighted by molar-refractivity contribution is -0.123. The van der Waals surface area contributed by atoms with Crippen LogP contribution < -0.4 is 10.2 Å². The zero-order chi connectivity index (χ0) is 26.6. The van der Waals surface area contributed by atoms with Crippen molar-refractivity contribution < 1.29 is 9.53 Å². The quantitative estimate of drug-likeness (QED) is 0.418. The van der Waals surface area contributed by atoms with Gasteiger partial charge in [-0.25, -0.2) is 0 Å². The molecule has 1 heterocycles. The Bertz CT molecular complexity index is 945. The molecule has 0 bridgehead atoms. The number of ether oxygens (including phenoxy) is 1. The van der Waals surface area contributed by atoms with Crippen molar-refractivity contribution in [1.29, 1.82) is 0 Å². The fraction of sp³-hybridized carbons (Fsp3) is 0.533. The van der Waals surface area contributed by atoms with Crippen molar-refractivity contribution >= 4 is 29.2 Å². The summed E-state index contributed by atoms with van der Waals surface area (Å²) in [6.07, 6.45) is 11.2. The molecular formula is C30H47N3O2. The van der Waals surface area contributed by atoms with Gasteiger partial charge in [-0.1, -0.05) is 65.7 Å². The highest BCUT2D eigenvalue weighted by atomic mass is 16.5. The van der Waals surface area contributed by atoms with Crippen LogP contribution in [0.2, 0.25) is 0 Å². The number of amides is 1. The first kappa shape index (κ1) is 30.2. The Morgan fingerprint density at radius 3 is 2.43 bits per heavy atom. The first-order chi connectivity index (χ1) is 16.3. The topological polar surface area (TPSA) is 53.9 Å². The Labute approximate surface area is 214 Å². The van der Waals surface area contributed by atoms with E-state index in [2.05, 4.69) is 45.2 Å². The van der Waals surface area contributed by atoms with Gasteiger partial charge in [0.15, 0.2) is 0 Å². The predicted octanol–water partition coefficient (Wildman–Crippen LogP) is 8.08. The average Bonchev–Trinajstić information content (AvgIpc) is 2.84. The number of hydrogen-bond donors (Lipinski definition) is 1. The van der Waals surface area contributed by atoms with Crippen LogP contribution in [0.3, 0.4) is 0 Å². The molecule has 0 radical (unpaired) electrons. The molecule has 0 saturated heterocycles. The fourth-order valence-corrected chi connectivity index (χ4v) is 2.86. The second-order valence-corrected chi connectivity index (χ2v) is 10.7. The predicted molar refractivity (Wildman–Crippen MR) is 153 cm³/mol. The Kier molecular flexibility index (Phi) is 12.6. The summed E-state index contributed by atoms with van der Waals surface area (Å²) in [5, 5.41) is 2.99. The largest absolute Gasteiger partial charge is 0.498 e. The summed E-state index contributed by atoms with van der Waals surface area (Å²) >= 11 is 0. The van der Waals surface area contributed by atoms with Gasteiger partial charge in [-0.15, -0.1) is 0 Å². The van der Waals surface area contributed by atoms with Crippen LogP contribution in [0, 0.1) is 11.3 Å². The van der Waals surface area contributed by atoms with Crippen LogP contribution in [0.4, 0.5) is 17.1 Å². The Hall–Kier alpha value is -2.82. The van der Waals surface area contributed by atoms with Crippen LogP contribution in [0.25, 0.3) is 0 Å². The summed E-state index contributed by atoms with van der Waals surface area (Å²) < 4.78 is 5.67. The molecule has 1 aliphatic heterocycles. The maximum absolute atomic E-state index is 12.3. The molecule has 1 aliphatic rings. The molecule has 194 valence electrons. The van der Waals surface area contributed by atoms with Crippen molar-refractivity contribution in [2.24, 2.45) is 16.3 Å². The lowest BCUT2D eigenvalue weighted by atomic mass is 9.95. The van der Waals surface area contributed by atoms with E-state index in [0.29, 0.717) is 13.0 Å². The van der Waals surface area contributed by atoms with Crippen molar-refractivity contribution in [3.8, 4) is 0 Å². The van der Waals surface area contributed by atoms with Gasteiger partial charge < -0.3 is 15.0 Å². The van der Waals surface area contributed by atoms with Crippen molar-refractivity contribution in [2.75, 3.05) is 30.9 Å². The fourth-order valence-electron chi connectivity index (χ4n) is 2.86. The van der Waals surface area contributed by atoms with Gasteiger partial charge in [0, 0.05) is 44.3 Å². The van der Waals surface area contributed by atoms with Crippen LogP contribution in [0.1, 0.15) is 74.7 Å². The number of allylic oxidation sites excluding steroid dienone is 5. The molecule has 5 nitrogen and oxygen atoms in total. The molecule has 5 heteroatoms. The van der Waals surface area contributed by atoms with Crippen LogP contribution in [-0.2, 0) is 9.53 Å². The third kappa shape index (κ3) is 11.9. The van der Waals surface area contributed by atoms with E-state index in [0.717, 1.165) is 35.2 Å². The number of hydrogen-bond acceptors (Lipinski definition) is 4. The van der Waals surface area contributed by atoms with E-state index in [1.807, 2.05) is 77.2 Å². The van der Waals surface area contributed by atoms with Crippen LogP contribution in [-0.4, -0.2) is 32.8 Å². The molecule has 0 aliphatic carbocycles. The van der Waals surface area contributed by atoms with Gasteiger partial charge in [0.25, 0.3) is 0 Å². The van der Waals surface area contributed by atoms with Gasteiger partial charge in [0.05, 0.1) is 23.7 Å². The summed E-state index contributed by atoms with van der Waals surface area (Å²) in [6, 6.07) is 5.82. The van der Waals surface area contributed by atoms with E-state index >= 15 is 0 Å². The molecule has 0 aromatic heterocycles. The smallest absolute Gasteiger partial charge is 0.229 e. The summed E-state index contributed by atoms with van der Waals surface area (Å²) in [7, 11) is 3.98. The van der Waals surface area contributed by atoms with Gasteiger partial charge in [-0.2, -0.15) is 0 Å². The van der Waals surface area contributed by atoms with Crippen molar-refractivity contribution in [3.05, 3.63) is 53.3 Å². The van der Waals surface area contributed by atoms with Crippen molar-refractivity contribution in [3.63, 3.8) is 0 Å². The van der Waals surface area contributed by atoms with E-state index in [4.69, 9.17) is 9.73 Å². The zero-order valence-corrected chi connectivity index (χ0v) is 23.7. The molecule has 1 N–H and O–H groups in total. The molecule has 0 spiro atoms. The number of aliphatic imine (C=N–C) groups is 1. The molecular weight excluding hydrogens is 434 g/mol. The summed E-state index contributed by atoms with van der Waals surface area (Å²) in [5.41, 5.74) is 4.60. The SMILES string of the molecule is CCC(C)C.C\C1=C/C(CC=Nc2cc(NC(=O)C(C)(C)C)ccc2N(C)C)=C\C=C(/C)OCC1. The van der Waals surface area contributed by atoms with Gasteiger partial charge >= 0.3 is 0 Å². The van der Waals surface area contributed by atoms with Gasteiger partial charge in [0.1, 0.15) is 0 Å². The Morgan fingerprint density at radius 1 is 1.20 bits per heavy atom.